The van der Waals surface area contributed by atoms with Gasteiger partial charge in [0.25, 0.3) is 0 Å². The van der Waals surface area contributed by atoms with Crippen molar-refractivity contribution < 1.29 is 19.1 Å². The maximum Gasteiger partial charge on any atom is 0.309 e. The molecule has 0 aliphatic heterocycles. The first-order chi connectivity index (χ1) is 14.2. The number of hydrogen-bond donors (Lipinski definition) is 0. The Balaban J connectivity index is 2.31. The summed E-state index contributed by atoms with van der Waals surface area (Å²) in [5.41, 5.74) is 0. The molecule has 0 spiro atoms. The number of ether oxygens (including phenoxy) is 2. The molecule has 0 aromatic rings. The van der Waals surface area contributed by atoms with Crippen LogP contribution in [0.1, 0.15) is 123 Å². The van der Waals surface area contributed by atoms with Gasteiger partial charge in [0.15, 0.2) is 0 Å². The summed E-state index contributed by atoms with van der Waals surface area (Å²) in [5, 5.41) is 0. The van der Waals surface area contributed by atoms with Crippen LogP contribution in [0.25, 0.3) is 0 Å². The lowest BCUT2D eigenvalue weighted by atomic mass is 9.88. The molecule has 2 atom stereocenters. The van der Waals surface area contributed by atoms with Crippen LogP contribution >= 0.6 is 0 Å². The summed E-state index contributed by atoms with van der Waals surface area (Å²) >= 11 is 0. The van der Waals surface area contributed by atoms with Crippen molar-refractivity contribution in [3.8, 4) is 0 Å². The van der Waals surface area contributed by atoms with Crippen molar-refractivity contribution in [2.24, 2.45) is 11.8 Å². The first-order valence-corrected chi connectivity index (χ1v) is 12.5. The Morgan fingerprint density at radius 1 is 0.586 bits per heavy atom. The molecule has 0 radical (unpaired) electrons. The molecule has 170 valence electrons. The van der Waals surface area contributed by atoms with E-state index in [0.29, 0.717) is 13.2 Å². The van der Waals surface area contributed by atoms with E-state index in [2.05, 4.69) is 13.8 Å². The Morgan fingerprint density at radius 3 is 1.38 bits per heavy atom. The second-order valence-electron chi connectivity index (χ2n) is 8.72. The van der Waals surface area contributed by atoms with Gasteiger partial charge in [0, 0.05) is 0 Å². The molecule has 1 fully saturated rings. The van der Waals surface area contributed by atoms with E-state index < -0.39 is 0 Å². The van der Waals surface area contributed by atoms with Gasteiger partial charge in [-0.1, -0.05) is 97.3 Å². The summed E-state index contributed by atoms with van der Waals surface area (Å²) in [5.74, 6) is -0.978. The van der Waals surface area contributed by atoms with Gasteiger partial charge in [-0.25, -0.2) is 0 Å². The number of carbonyl (C=O) groups is 2. The monoisotopic (exact) mass is 410 g/mol. The molecule has 0 bridgehead atoms. The number of esters is 2. The zero-order chi connectivity index (χ0) is 21.2. The molecule has 1 aliphatic rings. The fourth-order valence-electron chi connectivity index (χ4n) is 4.20. The van der Waals surface area contributed by atoms with Gasteiger partial charge in [-0.3, -0.25) is 9.59 Å². The zero-order valence-electron chi connectivity index (χ0n) is 19.2. The average molecular weight is 411 g/mol. The number of rotatable bonds is 16. The summed E-state index contributed by atoms with van der Waals surface area (Å²) in [6, 6.07) is 0. The molecular weight excluding hydrogens is 364 g/mol. The second kappa shape index (κ2) is 17.8. The van der Waals surface area contributed by atoms with Crippen LogP contribution in [0.3, 0.4) is 0 Å². The Hall–Kier alpha value is -1.06. The van der Waals surface area contributed by atoms with Crippen LogP contribution in [-0.2, 0) is 19.1 Å². The summed E-state index contributed by atoms with van der Waals surface area (Å²) in [6.45, 7) is 5.40. The number of hydrogen-bond acceptors (Lipinski definition) is 4. The van der Waals surface area contributed by atoms with E-state index >= 15 is 0 Å². The normalized spacial score (nSPS) is 19.5. The van der Waals surface area contributed by atoms with Gasteiger partial charge < -0.3 is 9.47 Å². The minimum absolute atomic E-state index is 0.179. The van der Waals surface area contributed by atoms with Crippen LogP contribution in [0.15, 0.2) is 0 Å². The van der Waals surface area contributed by atoms with Gasteiger partial charge in [-0.05, 0) is 25.7 Å². The summed E-state index contributed by atoms with van der Waals surface area (Å²) < 4.78 is 11.1. The van der Waals surface area contributed by atoms with Crippen LogP contribution < -0.4 is 0 Å². The maximum atomic E-state index is 12.6. The van der Waals surface area contributed by atoms with Crippen molar-refractivity contribution in [3.05, 3.63) is 0 Å². The van der Waals surface area contributed by atoms with E-state index in [4.69, 9.17) is 9.47 Å². The van der Waals surface area contributed by atoms with Crippen molar-refractivity contribution in [2.75, 3.05) is 13.2 Å². The molecule has 1 saturated carbocycles. The molecule has 0 heterocycles. The number of unbranched alkanes of at least 4 members (excludes halogenated alkanes) is 10. The zero-order valence-corrected chi connectivity index (χ0v) is 19.2. The van der Waals surface area contributed by atoms with Crippen molar-refractivity contribution >= 4 is 11.9 Å². The van der Waals surface area contributed by atoms with E-state index in [-0.39, 0.29) is 23.8 Å². The van der Waals surface area contributed by atoms with Gasteiger partial charge in [-0.2, -0.15) is 0 Å². The van der Waals surface area contributed by atoms with Gasteiger partial charge in [0.1, 0.15) is 0 Å². The third-order valence-corrected chi connectivity index (χ3v) is 6.11. The standard InChI is InChI=1S/C25H46O4/c1-3-5-7-9-11-16-20-28-24(26)22-18-14-13-15-19-23(22)25(27)29-21-17-12-10-8-6-4-2/h22-23H,3-21H2,1-2H3. The quantitative estimate of drug-likeness (QED) is 0.156. The topological polar surface area (TPSA) is 52.6 Å². The fourth-order valence-corrected chi connectivity index (χ4v) is 4.20. The minimum atomic E-state index is -0.311. The molecule has 29 heavy (non-hydrogen) atoms. The Bertz CT molecular complexity index is 383. The Morgan fingerprint density at radius 2 is 0.966 bits per heavy atom. The van der Waals surface area contributed by atoms with Crippen LogP contribution in [-0.4, -0.2) is 25.2 Å². The van der Waals surface area contributed by atoms with Gasteiger partial charge in [-0.15, -0.1) is 0 Å². The Kier molecular flexibility index (Phi) is 15.9. The molecule has 4 nitrogen and oxygen atoms in total. The second-order valence-corrected chi connectivity index (χ2v) is 8.72. The van der Waals surface area contributed by atoms with E-state index in [1.165, 1.54) is 51.4 Å². The van der Waals surface area contributed by atoms with Crippen molar-refractivity contribution in [1.29, 1.82) is 0 Å². The lowest BCUT2D eigenvalue weighted by Crippen LogP contribution is -2.32. The van der Waals surface area contributed by atoms with Gasteiger partial charge >= 0.3 is 11.9 Å². The highest BCUT2D eigenvalue weighted by Gasteiger charge is 2.36. The van der Waals surface area contributed by atoms with Crippen LogP contribution in [0.4, 0.5) is 0 Å². The summed E-state index contributed by atoms with van der Waals surface area (Å²) in [6.07, 6.45) is 18.7. The van der Waals surface area contributed by atoms with E-state index in [9.17, 15) is 9.59 Å². The number of carbonyl (C=O) groups excluding carboxylic acids is 2. The maximum absolute atomic E-state index is 12.6. The molecule has 0 amide bonds. The summed E-state index contributed by atoms with van der Waals surface area (Å²) in [4.78, 5) is 25.3. The van der Waals surface area contributed by atoms with Crippen molar-refractivity contribution in [3.63, 3.8) is 0 Å². The fraction of sp³-hybridized carbons (Fsp3) is 0.920. The van der Waals surface area contributed by atoms with Crippen LogP contribution in [0.2, 0.25) is 0 Å². The molecule has 0 aromatic heterocycles. The first kappa shape index (κ1) is 26.0. The highest BCUT2D eigenvalue weighted by atomic mass is 16.5. The largest absolute Gasteiger partial charge is 0.465 e. The van der Waals surface area contributed by atoms with Crippen LogP contribution in [0, 0.1) is 11.8 Å². The molecule has 2 unspecified atom stereocenters. The molecule has 0 aromatic carbocycles. The summed E-state index contributed by atoms with van der Waals surface area (Å²) in [7, 11) is 0. The highest BCUT2D eigenvalue weighted by molar-refractivity contribution is 5.82. The molecule has 1 rings (SSSR count). The average Bonchev–Trinajstić information content (AvgIpc) is 2.98. The third-order valence-electron chi connectivity index (χ3n) is 6.11. The van der Waals surface area contributed by atoms with Crippen molar-refractivity contribution in [1.82, 2.24) is 0 Å². The smallest absolute Gasteiger partial charge is 0.309 e. The van der Waals surface area contributed by atoms with Gasteiger partial charge in [0.05, 0.1) is 25.0 Å². The van der Waals surface area contributed by atoms with E-state index in [1.807, 2.05) is 0 Å². The third kappa shape index (κ3) is 12.3. The predicted octanol–water partition coefficient (Wildman–Crippen LogP) is 6.99. The van der Waals surface area contributed by atoms with Crippen molar-refractivity contribution in [2.45, 2.75) is 123 Å². The lowest BCUT2D eigenvalue weighted by Gasteiger charge is -2.22. The molecule has 1 aliphatic carbocycles. The molecule has 0 N–H and O–H groups in total. The lowest BCUT2D eigenvalue weighted by molar-refractivity contribution is -0.161. The van der Waals surface area contributed by atoms with Crippen LogP contribution in [0.5, 0.6) is 0 Å². The highest BCUT2D eigenvalue weighted by Crippen LogP contribution is 2.31. The molecule has 4 heteroatoms. The van der Waals surface area contributed by atoms with E-state index in [0.717, 1.165) is 57.8 Å². The SMILES string of the molecule is CCCCCCCCOC(=O)C1CCCCCC1C(=O)OCCCCCCCC. The molecule has 0 saturated heterocycles. The first-order valence-electron chi connectivity index (χ1n) is 12.5. The predicted molar refractivity (Wildman–Crippen MR) is 119 cm³/mol. The van der Waals surface area contributed by atoms with Gasteiger partial charge in [0.2, 0.25) is 0 Å². The Labute approximate surface area is 179 Å². The van der Waals surface area contributed by atoms with E-state index in [1.54, 1.807) is 0 Å². The molecular formula is C25H46O4. The minimum Gasteiger partial charge on any atom is -0.465 e.